The zero-order valence-electron chi connectivity index (χ0n) is 16.7. The first kappa shape index (κ1) is 21.4. The molecule has 0 aliphatic carbocycles. The summed E-state index contributed by atoms with van der Waals surface area (Å²) >= 11 is 1.55. The first-order valence-corrected chi connectivity index (χ1v) is 10.1. The number of amides is 1. The molecule has 154 valence electrons. The topological polar surface area (TPSA) is 59.4 Å². The third kappa shape index (κ3) is 4.17. The fraction of sp³-hybridized carbons (Fsp3) is 0.333. The molecule has 6 nitrogen and oxygen atoms in total. The molecule has 1 aliphatic rings. The Morgan fingerprint density at radius 1 is 1.31 bits per heavy atom. The molecular formula is C21H25ClN4O2S. The van der Waals surface area contributed by atoms with Gasteiger partial charge in [-0.25, -0.2) is 4.98 Å². The lowest BCUT2D eigenvalue weighted by Gasteiger charge is -2.35. The van der Waals surface area contributed by atoms with Crippen LogP contribution in [0.5, 0.6) is 5.75 Å². The largest absolute Gasteiger partial charge is 0.497 e. The Kier molecular flexibility index (Phi) is 6.62. The minimum Gasteiger partial charge on any atom is -0.497 e. The van der Waals surface area contributed by atoms with Crippen molar-refractivity contribution in [3.63, 3.8) is 0 Å². The van der Waals surface area contributed by atoms with E-state index >= 15 is 0 Å². The third-order valence-electron chi connectivity index (χ3n) is 5.19. The van der Waals surface area contributed by atoms with Gasteiger partial charge in [0.15, 0.2) is 0 Å². The fourth-order valence-electron chi connectivity index (χ4n) is 3.66. The summed E-state index contributed by atoms with van der Waals surface area (Å²) in [5, 5.41) is 3.38. The predicted molar refractivity (Wildman–Crippen MR) is 118 cm³/mol. The number of hydrogen-bond acceptors (Lipinski definition) is 5. The standard InChI is InChI=1S/C21H24N4O2S.ClH/c1-14-17(15-4-6-16(27-3)7-5-15)12-19(28-14)21(26)25-11-8-22-13-18(25)20-23-9-10-24(20)2;/h4-7,9-10,12,18,22H,8,11,13H2,1-3H3;1H. The van der Waals surface area contributed by atoms with Gasteiger partial charge in [-0.15, -0.1) is 23.7 Å². The Bertz CT molecular complexity index is 983. The molecule has 0 radical (unpaired) electrons. The zero-order valence-corrected chi connectivity index (χ0v) is 18.3. The minimum atomic E-state index is -0.0620. The maximum atomic E-state index is 13.4. The maximum absolute atomic E-state index is 13.4. The van der Waals surface area contributed by atoms with E-state index in [2.05, 4.69) is 17.2 Å². The third-order valence-corrected chi connectivity index (χ3v) is 6.23. The van der Waals surface area contributed by atoms with Crippen LogP contribution in [0, 0.1) is 6.92 Å². The number of nitrogens with zero attached hydrogens (tertiary/aromatic N) is 3. The molecule has 1 unspecified atom stereocenters. The van der Waals surface area contributed by atoms with E-state index in [4.69, 9.17) is 4.74 Å². The number of carbonyl (C=O) groups excluding carboxylic acids is 1. The number of halogens is 1. The molecule has 1 amide bonds. The molecule has 29 heavy (non-hydrogen) atoms. The fourth-order valence-corrected chi connectivity index (χ4v) is 4.66. The average molecular weight is 433 g/mol. The van der Waals surface area contributed by atoms with Crippen molar-refractivity contribution in [1.29, 1.82) is 0 Å². The molecule has 3 aromatic rings. The quantitative estimate of drug-likeness (QED) is 0.683. The van der Waals surface area contributed by atoms with E-state index in [-0.39, 0.29) is 24.4 Å². The van der Waals surface area contributed by atoms with Gasteiger partial charge >= 0.3 is 0 Å². The Hall–Kier alpha value is -2.35. The Morgan fingerprint density at radius 3 is 2.72 bits per heavy atom. The molecule has 0 saturated carbocycles. The molecule has 1 N–H and O–H groups in total. The molecule has 3 heterocycles. The lowest BCUT2D eigenvalue weighted by atomic mass is 10.1. The van der Waals surface area contributed by atoms with Crippen molar-refractivity contribution in [3.05, 3.63) is 58.3 Å². The van der Waals surface area contributed by atoms with Crippen LogP contribution < -0.4 is 10.1 Å². The summed E-state index contributed by atoms with van der Waals surface area (Å²) in [5.74, 6) is 1.80. The van der Waals surface area contributed by atoms with Gasteiger partial charge in [-0.2, -0.15) is 0 Å². The lowest BCUT2D eigenvalue weighted by molar-refractivity contribution is 0.0626. The van der Waals surface area contributed by atoms with Crippen molar-refractivity contribution in [1.82, 2.24) is 19.8 Å². The summed E-state index contributed by atoms with van der Waals surface area (Å²) < 4.78 is 7.23. The minimum absolute atomic E-state index is 0. The number of aryl methyl sites for hydroxylation is 2. The van der Waals surface area contributed by atoms with Gasteiger partial charge < -0.3 is 19.5 Å². The Morgan fingerprint density at radius 2 is 2.07 bits per heavy atom. The van der Waals surface area contributed by atoms with Crippen LogP contribution in [0.25, 0.3) is 11.1 Å². The number of thiophene rings is 1. The van der Waals surface area contributed by atoms with Crippen LogP contribution >= 0.6 is 23.7 Å². The van der Waals surface area contributed by atoms with E-state index in [9.17, 15) is 4.79 Å². The molecule has 4 rings (SSSR count). The van der Waals surface area contributed by atoms with Crippen molar-refractivity contribution in [2.45, 2.75) is 13.0 Å². The summed E-state index contributed by atoms with van der Waals surface area (Å²) in [6.07, 6.45) is 3.70. The van der Waals surface area contributed by atoms with Gasteiger partial charge in [0.05, 0.1) is 12.0 Å². The number of carbonyl (C=O) groups is 1. The molecule has 1 aliphatic heterocycles. The number of piperazine rings is 1. The van der Waals surface area contributed by atoms with Crippen molar-refractivity contribution >= 4 is 29.7 Å². The smallest absolute Gasteiger partial charge is 0.264 e. The van der Waals surface area contributed by atoms with Gasteiger partial charge in [0.2, 0.25) is 0 Å². The van der Waals surface area contributed by atoms with E-state index in [1.165, 1.54) is 0 Å². The van der Waals surface area contributed by atoms with E-state index < -0.39 is 0 Å². The highest BCUT2D eigenvalue weighted by molar-refractivity contribution is 7.14. The van der Waals surface area contributed by atoms with Crippen LogP contribution in [-0.2, 0) is 7.05 Å². The van der Waals surface area contributed by atoms with E-state index in [1.54, 1.807) is 24.6 Å². The maximum Gasteiger partial charge on any atom is 0.264 e. The highest BCUT2D eigenvalue weighted by Gasteiger charge is 2.32. The summed E-state index contributed by atoms with van der Waals surface area (Å²) in [6, 6.07) is 9.91. The van der Waals surface area contributed by atoms with Crippen LogP contribution in [0.15, 0.2) is 42.7 Å². The van der Waals surface area contributed by atoms with Crippen LogP contribution in [0.2, 0.25) is 0 Å². The second-order valence-electron chi connectivity index (χ2n) is 6.92. The van der Waals surface area contributed by atoms with Gasteiger partial charge in [0.1, 0.15) is 17.6 Å². The molecule has 2 aromatic heterocycles. The number of benzene rings is 1. The molecule has 1 saturated heterocycles. The van der Waals surface area contributed by atoms with Gasteiger partial charge in [-0.1, -0.05) is 12.1 Å². The summed E-state index contributed by atoms with van der Waals surface area (Å²) in [6.45, 7) is 4.24. The molecule has 8 heteroatoms. The molecule has 1 aromatic carbocycles. The predicted octanol–water partition coefficient (Wildman–Crippen LogP) is 3.67. The van der Waals surface area contributed by atoms with E-state index in [1.807, 2.05) is 53.0 Å². The number of aromatic nitrogens is 2. The van der Waals surface area contributed by atoms with E-state index in [0.717, 1.165) is 39.0 Å². The number of nitrogens with one attached hydrogen (secondary N) is 1. The molecule has 0 bridgehead atoms. The molecular weight excluding hydrogens is 408 g/mol. The van der Waals surface area contributed by atoms with E-state index in [0.29, 0.717) is 13.1 Å². The summed E-state index contributed by atoms with van der Waals surface area (Å²) in [5.41, 5.74) is 2.19. The second-order valence-corrected chi connectivity index (χ2v) is 8.18. The monoisotopic (exact) mass is 432 g/mol. The van der Waals surface area contributed by atoms with Crippen LogP contribution in [0.4, 0.5) is 0 Å². The average Bonchev–Trinajstić information content (AvgIpc) is 3.33. The number of hydrogen-bond donors (Lipinski definition) is 1. The Labute approximate surface area is 180 Å². The van der Waals surface area contributed by atoms with Gasteiger partial charge in [0, 0.05) is 44.0 Å². The van der Waals surface area contributed by atoms with Crippen LogP contribution in [-0.4, -0.2) is 47.1 Å². The van der Waals surface area contributed by atoms with Crippen molar-refractivity contribution in [2.75, 3.05) is 26.7 Å². The van der Waals surface area contributed by atoms with Gasteiger partial charge in [0.25, 0.3) is 5.91 Å². The molecule has 1 fully saturated rings. The number of rotatable bonds is 4. The van der Waals surface area contributed by atoms with Crippen LogP contribution in [0.3, 0.4) is 0 Å². The summed E-state index contributed by atoms with van der Waals surface area (Å²) in [4.78, 5) is 21.7. The van der Waals surface area contributed by atoms with Crippen LogP contribution in [0.1, 0.15) is 26.4 Å². The van der Waals surface area contributed by atoms with Gasteiger partial charge in [-0.05, 0) is 36.2 Å². The second kappa shape index (κ2) is 8.98. The highest BCUT2D eigenvalue weighted by Crippen LogP contribution is 2.34. The van der Waals surface area contributed by atoms with Gasteiger partial charge in [-0.3, -0.25) is 4.79 Å². The zero-order chi connectivity index (χ0) is 19.7. The number of ether oxygens (including phenoxy) is 1. The lowest BCUT2D eigenvalue weighted by Crippen LogP contribution is -2.49. The number of imidazole rings is 1. The molecule has 0 spiro atoms. The van der Waals surface area contributed by atoms with Crippen molar-refractivity contribution < 1.29 is 9.53 Å². The Balaban J connectivity index is 0.00000240. The molecule has 1 atom stereocenters. The normalized spacial score (nSPS) is 16.4. The first-order valence-electron chi connectivity index (χ1n) is 9.32. The van der Waals surface area contributed by atoms with Crippen molar-refractivity contribution in [3.8, 4) is 16.9 Å². The first-order chi connectivity index (χ1) is 13.6. The highest BCUT2D eigenvalue weighted by atomic mass is 35.5. The number of methoxy groups -OCH3 is 1. The SMILES string of the molecule is COc1ccc(-c2cc(C(=O)N3CCNCC3c3nccn3C)sc2C)cc1.Cl. The van der Waals surface area contributed by atoms with Crippen molar-refractivity contribution in [2.24, 2.45) is 7.05 Å². The summed E-state index contributed by atoms with van der Waals surface area (Å²) in [7, 11) is 3.63.